The van der Waals surface area contributed by atoms with Crippen molar-refractivity contribution in [1.29, 1.82) is 0 Å². The first-order valence-corrected chi connectivity index (χ1v) is 8.04. The van der Waals surface area contributed by atoms with E-state index in [-0.39, 0.29) is 5.25 Å². The summed E-state index contributed by atoms with van der Waals surface area (Å²) < 4.78 is 6.91. The largest absolute Gasteiger partial charge is 0.378 e. The maximum atomic E-state index is 5.94. The quantitative estimate of drug-likeness (QED) is 0.525. The predicted molar refractivity (Wildman–Crippen MR) is 87.2 cm³/mol. The molecule has 0 N–H and O–H groups in total. The average Bonchev–Trinajstić information content (AvgIpc) is 2.97. The number of aromatic nitrogens is 4. The van der Waals surface area contributed by atoms with E-state index in [1.807, 2.05) is 30.3 Å². The van der Waals surface area contributed by atoms with E-state index in [0.717, 1.165) is 15.7 Å². The molecule has 0 amide bonds. The Kier molecular flexibility index (Phi) is 4.61. The zero-order chi connectivity index (χ0) is 15.5. The van der Waals surface area contributed by atoms with Gasteiger partial charge in [0.25, 0.3) is 5.78 Å². The second-order valence-corrected chi connectivity index (χ2v) is 6.60. The van der Waals surface area contributed by atoms with Crippen LogP contribution in [0.2, 0.25) is 5.02 Å². The Labute approximate surface area is 137 Å². The van der Waals surface area contributed by atoms with E-state index in [1.54, 1.807) is 23.4 Å². The molecule has 3 rings (SSSR count). The van der Waals surface area contributed by atoms with Gasteiger partial charge in [-0.25, -0.2) is 4.98 Å². The minimum absolute atomic E-state index is 0.252. The topological polar surface area (TPSA) is 52.3 Å². The van der Waals surface area contributed by atoms with E-state index in [2.05, 4.69) is 22.0 Å². The van der Waals surface area contributed by atoms with Crippen LogP contribution >= 0.6 is 23.4 Å². The highest BCUT2D eigenvalue weighted by molar-refractivity contribution is 7.99. The van der Waals surface area contributed by atoms with Crippen molar-refractivity contribution < 1.29 is 4.74 Å². The molecule has 0 bridgehead atoms. The number of rotatable bonds is 5. The minimum Gasteiger partial charge on any atom is -0.378 e. The molecule has 2 aromatic heterocycles. The molecule has 0 aliphatic carbocycles. The summed E-state index contributed by atoms with van der Waals surface area (Å²) in [5, 5.41) is 6.22. The number of ether oxygens (including phenoxy) is 1. The van der Waals surface area contributed by atoms with Crippen molar-refractivity contribution in [3.8, 4) is 0 Å². The molecule has 1 aromatic carbocycles. The van der Waals surface area contributed by atoms with E-state index in [4.69, 9.17) is 16.3 Å². The average molecular weight is 335 g/mol. The summed E-state index contributed by atoms with van der Waals surface area (Å²) in [4.78, 5) is 8.58. The Morgan fingerprint density at radius 1 is 1.32 bits per heavy atom. The molecule has 0 aliphatic rings. The van der Waals surface area contributed by atoms with Gasteiger partial charge in [-0.3, -0.25) is 0 Å². The predicted octanol–water partition coefficient (Wildman–Crippen LogP) is 3.78. The monoisotopic (exact) mass is 334 g/mol. The molecule has 0 saturated heterocycles. The van der Waals surface area contributed by atoms with Gasteiger partial charge in [-0.1, -0.05) is 35.5 Å². The van der Waals surface area contributed by atoms with Crippen molar-refractivity contribution in [2.45, 2.75) is 23.8 Å². The lowest BCUT2D eigenvalue weighted by molar-refractivity contribution is 0.181. The number of hydrogen-bond acceptors (Lipinski definition) is 5. The van der Waals surface area contributed by atoms with Crippen LogP contribution in [-0.2, 0) is 11.3 Å². The maximum absolute atomic E-state index is 5.94. The zero-order valence-electron chi connectivity index (χ0n) is 12.2. The van der Waals surface area contributed by atoms with Gasteiger partial charge in [-0.2, -0.15) is 14.6 Å². The van der Waals surface area contributed by atoms with Crippen LogP contribution in [0.1, 0.15) is 23.4 Å². The Hall–Kier alpha value is -1.63. The van der Waals surface area contributed by atoms with Crippen molar-refractivity contribution in [1.82, 2.24) is 19.6 Å². The number of hydrogen-bond donors (Lipinski definition) is 0. The summed E-state index contributed by atoms with van der Waals surface area (Å²) in [6.45, 7) is 2.60. The van der Waals surface area contributed by atoms with Crippen molar-refractivity contribution in [2.75, 3.05) is 7.11 Å². The van der Waals surface area contributed by atoms with Crippen molar-refractivity contribution in [3.63, 3.8) is 0 Å². The first-order chi connectivity index (χ1) is 10.7. The van der Waals surface area contributed by atoms with Crippen molar-refractivity contribution >= 4 is 29.1 Å². The smallest absolute Gasteiger partial charge is 0.253 e. The Morgan fingerprint density at radius 2 is 2.09 bits per heavy atom. The highest BCUT2D eigenvalue weighted by atomic mass is 35.5. The molecule has 0 spiro atoms. The summed E-state index contributed by atoms with van der Waals surface area (Å²) >= 11 is 7.64. The van der Waals surface area contributed by atoms with Crippen LogP contribution in [0.5, 0.6) is 0 Å². The van der Waals surface area contributed by atoms with E-state index >= 15 is 0 Å². The Bertz CT molecular complexity index is 775. The molecule has 22 heavy (non-hydrogen) atoms. The first kappa shape index (κ1) is 15.3. The van der Waals surface area contributed by atoms with Crippen LogP contribution in [0, 0.1) is 0 Å². The van der Waals surface area contributed by atoms with Gasteiger partial charge in [0.15, 0.2) is 0 Å². The van der Waals surface area contributed by atoms with Gasteiger partial charge in [0.1, 0.15) is 11.4 Å². The van der Waals surface area contributed by atoms with E-state index < -0.39 is 0 Å². The van der Waals surface area contributed by atoms with Crippen LogP contribution in [0.3, 0.4) is 0 Å². The number of halogens is 1. The number of nitrogens with zero attached hydrogens (tertiary/aromatic N) is 4. The van der Waals surface area contributed by atoms with Crippen molar-refractivity contribution in [3.05, 3.63) is 52.9 Å². The normalized spacial score (nSPS) is 12.7. The summed E-state index contributed by atoms with van der Waals surface area (Å²) in [5.41, 5.74) is 2.04. The lowest BCUT2D eigenvalue weighted by Gasteiger charge is -2.13. The van der Waals surface area contributed by atoms with Gasteiger partial charge in [-0.15, -0.1) is 0 Å². The van der Waals surface area contributed by atoms with Crippen LogP contribution in [-0.4, -0.2) is 26.7 Å². The van der Waals surface area contributed by atoms with Gasteiger partial charge >= 0.3 is 0 Å². The summed E-state index contributed by atoms with van der Waals surface area (Å²) in [6.07, 6.45) is 1.51. The van der Waals surface area contributed by atoms with Gasteiger partial charge < -0.3 is 4.74 Å². The van der Waals surface area contributed by atoms with Crippen LogP contribution in [0.4, 0.5) is 0 Å². The summed E-state index contributed by atoms with van der Waals surface area (Å²) in [6, 6.07) is 9.87. The molecule has 1 atom stereocenters. The van der Waals surface area contributed by atoms with Gasteiger partial charge in [0, 0.05) is 17.4 Å². The summed E-state index contributed by atoms with van der Waals surface area (Å²) in [5.74, 6) is 0.584. The number of benzene rings is 1. The second kappa shape index (κ2) is 6.64. The fourth-order valence-corrected chi connectivity index (χ4v) is 3.33. The molecular weight excluding hydrogens is 320 g/mol. The van der Waals surface area contributed by atoms with Crippen molar-refractivity contribution in [2.24, 2.45) is 0 Å². The molecule has 5 nitrogen and oxygen atoms in total. The molecular formula is C15H15ClN4OS. The fraction of sp³-hybridized carbons (Fsp3) is 0.267. The molecule has 7 heteroatoms. The Morgan fingerprint density at radius 3 is 2.82 bits per heavy atom. The minimum atomic E-state index is 0.252. The lowest BCUT2D eigenvalue weighted by Crippen LogP contribution is -2.02. The third-order valence-corrected chi connectivity index (χ3v) is 4.61. The highest BCUT2D eigenvalue weighted by Gasteiger charge is 2.13. The van der Waals surface area contributed by atoms with E-state index in [9.17, 15) is 0 Å². The summed E-state index contributed by atoms with van der Waals surface area (Å²) in [7, 11) is 1.65. The third kappa shape index (κ3) is 3.24. The standard InChI is InChI=1S/C15H15ClN4OS/c1-10(11-3-5-12(16)6-4-11)22-14-7-13(8-21-2)19-15-17-9-18-20(14)15/h3-7,9-10H,8H2,1-2H3. The molecule has 2 heterocycles. The number of methoxy groups -OCH3 is 1. The lowest BCUT2D eigenvalue weighted by atomic mass is 10.2. The molecule has 3 aromatic rings. The number of thioether (sulfide) groups is 1. The van der Waals surface area contributed by atoms with Crippen LogP contribution < -0.4 is 0 Å². The number of fused-ring (bicyclic) bond motifs is 1. The van der Waals surface area contributed by atoms with Gasteiger partial charge in [-0.05, 0) is 30.7 Å². The molecule has 0 fully saturated rings. The zero-order valence-corrected chi connectivity index (χ0v) is 13.8. The SMILES string of the molecule is COCc1cc(SC(C)c2ccc(Cl)cc2)n2ncnc2n1. The van der Waals surface area contributed by atoms with Gasteiger partial charge in [0.05, 0.1) is 12.3 Å². The molecule has 0 aliphatic heterocycles. The molecule has 0 saturated carbocycles. The van der Waals surface area contributed by atoms with Crippen LogP contribution in [0.25, 0.3) is 5.78 Å². The van der Waals surface area contributed by atoms with Crippen LogP contribution in [0.15, 0.2) is 41.7 Å². The van der Waals surface area contributed by atoms with E-state index in [0.29, 0.717) is 12.4 Å². The molecule has 1 unspecified atom stereocenters. The van der Waals surface area contributed by atoms with Gasteiger partial charge in [0.2, 0.25) is 0 Å². The van der Waals surface area contributed by atoms with E-state index in [1.165, 1.54) is 11.9 Å². The third-order valence-electron chi connectivity index (χ3n) is 3.20. The fourth-order valence-electron chi connectivity index (χ4n) is 2.12. The molecule has 0 radical (unpaired) electrons. The second-order valence-electron chi connectivity index (χ2n) is 4.80. The Balaban J connectivity index is 1.91. The highest BCUT2D eigenvalue weighted by Crippen LogP contribution is 2.35. The maximum Gasteiger partial charge on any atom is 0.253 e. The first-order valence-electron chi connectivity index (χ1n) is 6.78. The molecule has 114 valence electrons.